The van der Waals surface area contributed by atoms with E-state index in [9.17, 15) is 8.78 Å². The number of nitrogens with one attached hydrogen (secondary N) is 1. The summed E-state index contributed by atoms with van der Waals surface area (Å²) in [6, 6.07) is 5.92. The highest BCUT2D eigenvalue weighted by atomic mass is 19.3. The van der Waals surface area contributed by atoms with Crippen molar-refractivity contribution in [2.24, 2.45) is 5.92 Å². The fraction of sp³-hybridized carbons (Fsp3) is 0.400. The zero-order valence-electron chi connectivity index (χ0n) is 16.2. The molecule has 0 radical (unpaired) electrons. The Labute approximate surface area is 165 Å². The van der Waals surface area contributed by atoms with Crippen molar-refractivity contribution in [2.45, 2.75) is 45.7 Å². The monoisotopic (exact) mass is 397 g/mol. The zero-order valence-corrected chi connectivity index (χ0v) is 16.2. The number of imidazole rings is 1. The SMILES string of the molecule is Cc1nc2ccc(-c3ccn4nc(N[C@@H](C)C5CC5)ncc34)nc2n1CC(F)F. The minimum atomic E-state index is -2.47. The van der Waals surface area contributed by atoms with Crippen molar-refractivity contribution in [3.63, 3.8) is 0 Å². The van der Waals surface area contributed by atoms with Gasteiger partial charge in [0.2, 0.25) is 5.95 Å². The quantitative estimate of drug-likeness (QED) is 0.534. The van der Waals surface area contributed by atoms with Crippen LogP contribution in [-0.4, -0.2) is 41.6 Å². The molecule has 0 aliphatic heterocycles. The number of fused-ring (bicyclic) bond motifs is 2. The van der Waals surface area contributed by atoms with E-state index in [4.69, 9.17) is 0 Å². The number of aromatic nitrogens is 6. The molecule has 0 saturated heterocycles. The van der Waals surface area contributed by atoms with Crippen molar-refractivity contribution in [2.75, 3.05) is 5.32 Å². The van der Waals surface area contributed by atoms with Crippen LogP contribution < -0.4 is 5.32 Å². The third kappa shape index (κ3) is 3.30. The van der Waals surface area contributed by atoms with E-state index in [2.05, 4.69) is 32.3 Å². The predicted octanol–water partition coefficient (Wildman–Crippen LogP) is 3.92. The molecule has 4 heterocycles. The number of rotatable bonds is 6. The number of hydrogen-bond acceptors (Lipinski definition) is 5. The van der Waals surface area contributed by atoms with E-state index >= 15 is 0 Å². The van der Waals surface area contributed by atoms with Gasteiger partial charge in [-0.25, -0.2) is 28.2 Å². The van der Waals surface area contributed by atoms with E-state index in [1.54, 1.807) is 17.6 Å². The van der Waals surface area contributed by atoms with Crippen LogP contribution in [0.25, 0.3) is 27.9 Å². The van der Waals surface area contributed by atoms with Crippen LogP contribution in [0, 0.1) is 12.8 Å². The van der Waals surface area contributed by atoms with E-state index in [1.807, 2.05) is 24.4 Å². The van der Waals surface area contributed by atoms with E-state index in [0.717, 1.165) is 11.1 Å². The Hall–Kier alpha value is -3.10. The standard InChI is InChI=1S/C20H21F2N7/c1-11(13-3-4-13)24-20-23-9-17-14(7-8-29(17)27-20)15-5-6-16-19(26-15)28(10-18(21)22)12(2)25-16/h5-9,11,13,18H,3-4,10H2,1-2H3,(H,24,27)/t11-/m0/s1. The average Bonchev–Trinajstić information content (AvgIpc) is 3.40. The summed E-state index contributed by atoms with van der Waals surface area (Å²) in [7, 11) is 0. The van der Waals surface area contributed by atoms with Crippen molar-refractivity contribution in [3.8, 4) is 11.3 Å². The van der Waals surface area contributed by atoms with Crippen LogP contribution in [0.15, 0.2) is 30.6 Å². The van der Waals surface area contributed by atoms with Crippen LogP contribution in [0.4, 0.5) is 14.7 Å². The largest absolute Gasteiger partial charge is 0.350 e. The summed E-state index contributed by atoms with van der Waals surface area (Å²) in [6.07, 6.45) is 3.65. The molecule has 4 aromatic rings. The Balaban J connectivity index is 1.52. The second kappa shape index (κ2) is 6.75. The summed E-state index contributed by atoms with van der Waals surface area (Å²) in [4.78, 5) is 13.4. The van der Waals surface area contributed by atoms with Gasteiger partial charge in [0.05, 0.1) is 24.0 Å². The summed E-state index contributed by atoms with van der Waals surface area (Å²) in [5.74, 6) is 1.82. The van der Waals surface area contributed by atoms with Crippen LogP contribution in [-0.2, 0) is 6.54 Å². The molecule has 1 aliphatic carbocycles. The van der Waals surface area contributed by atoms with Gasteiger partial charge in [-0.1, -0.05) is 0 Å². The maximum atomic E-state index is 13.0. The van der Waals surface area contributed by atoms with Gasteiger partial charge in [-0.2, -0.15) is 0 Å². The molecular weight excluding hydrogens is 376 g/mol. The second-order valence-corrected chi connectivity index (χ2v) is 7.61. The van der Waals surface area contributed by atoms with Crippen molar-refractivity contribution in [1.82, 2.24) is 29.1 Å². The van der Waals surface area contributed by atoms with Crippen molar-refractivity contribution < 1.29 is 8.78 Å². The minimum absolute atomic E-state index is 0.352. The predicted molar refractivity (Wildman–Crippen MR) is 106 cm³/mol. The Morgan fingerprint density at radius 1 is 1.21 bits per heavy atom. The summed E-state index contributed by atoms with van der Waals surface area (Å²) in [5.41, 5.74) is 3.38. The third-order valence-corrected chi connectivity index (χ3v) is 5.48. The normalized spacial score (nSPS) is 15.5. The van der Waals surface area contributed by atoms with Gasteiger partial charge in [-0.3, -0.25) is 0 Å². The second-order valence-electron chi connectivity index (χ2n) is 7.61. The summed E-state index contributed by atoms with van der Waals surface area (Å²) < 4.78 is 29.2. The number of nitrogens with zero attached hydrogens (tertiary/aromatic N) is 6. The van der Waals surface area contributed by atoms with E-state index in [1.165, 1.54) is 17.4 Å². The fourth-order valence-electron chi connectivity index (χ4n) is 3.72. The third-order valence-electron chi connectivity index (χ3n) is 5.48. The molecule has 9 heteroatoms. The molecule has 0 spiro atoms. The number of aryl methyl sites for hydroxylation is 1. The molecule has 4 aromatic heterocycles. The van der Waals surface area contributed by atoms with E-state index in [0.29, 0.717) is 40.6 Å². The van der Waals surface area contributed by atoms with Gasteiger partial charge >= 0.3 is 0 Å². The minimum Gasteiger partial charge on any atom is -0.350 e. The van der Waals surface area contributed by atoms with Crippen LogP contribution in [0.3, 0.4) is 0 Å². The molecule has 1 saturated carbocycles. The molecule has 0 aromatic carbocycles. The van der Waals surface area contributed by atoms with Gasteiger partial charge in [0, 0.05) is 17.8 Å². The molecule has 1 aliphatic rings. The lowest BCUT2D eigenvalue weighted by molar-refractivity contribution is 0.127. The van der Waals surface area contributed by atoms with Crippen LogP contribution >= 0.6 is 0 Å². The summed E-state index contributed by atoms with van der Waals surface area (Å²) in [6.45, 7) is 3.44. The molecule has 7 nitrogen and oxygen atoms in total. The highest BCUT2D eigenvalue weighted by Crippen LogP contribution is 2.33. The maximum Gasteiger partial charge on any atom is 0.256 e. The molecule has 1 fully saturated rings. The number of pyridine rings is 1. The number of halogens is 2. The first kappa shape index (κ1) is 18.0. The first-order chi connectivity index (χ1) is 14.0. The van der Waals surface area contributed by atoms with Gasteiger partial charge in [0.25, 0.3) is 6.43 Å². The highest BCUT2D eigenvalue weighted by molar-refractivity contribution is 5.82. The summed E-state index contributed by atoms with van der Waals surface area (Å²) in [5, 5.41) is 7.90. The van der Waals surface area contributed by atoms with Crippen molar-refractivity contribution >= 4 is 22.6 Å². The van der Waals surface area contributed by atoms with Gasteiger partial charge in [-0.05, 0) is 50.8 Å². The lowest BCUT2D eigenvalue weighted by Crippen LogP contribution is -2.19. The Kier molecular flexibility index (Phi) is 4.18. The van der Waals surface area contributed by atoms with Gasteiger partial charge < -0.3 is 9.88 Å². The van der Waals surface area contributed by atoms with Gasteiger partial charge in [0.15, 0.2) is 5.65 Å². The van der Waals surface area contributed by atoms with Crippen LogP contribution in [0.1, 0.15) is 25.6 Å². The maximum absolute atomic E-state index is 13.0. The molecule has 150 valence electrons. The molecule has 5 rings (SSSR count). The van der Waals surface area contributed by atoms with Crippen molar-refractivity contribution in [3.05, 3.63) is 36.4 Å². The molecule has 0 amide bonds. The number of hydrogen-bond donors (Lipinski definition) is 1. The molecule has 1 N–H and O–H groups in total. The Bertz CT molecular complexity index is 1190. The number of alkyl halides is 2. The molecule has 0 bridgehead atoms. The van der Waals surface area contributed by atoms with Gasteiger partial charge in [-0.15, -0.1) is 5.10 Å². The highest BCUT2D eigenvalue weighted by Gasteiger charge is 2.28. The molecular formula is C20H21F2N7. The van der Waals surface area contributed by atoms with Crippen LogP contribution in [0.2, 0.25) is 0 Å². The fourth-order valence-corrected chi connectivity index (χ4v) is 3.72. The Morgan fingerprint density at radius 2 is 2.03 bits per heavy atom. The molecule has 29 heavy (non-hydrogen) atoms. The average molecular weight is 397 g/mol. The number of anilines is 1. The van der Waals surface area contributed by atoms with E-state index in [-0.39, 0.29) is 0 Å². The molecule has 0 unspecified atom stereocenters. The lowest BCUT2D eigenvalue weighted by atomic mass is 10.2. The smallest absolute Gasteiger partial charge is 0.256 e. The van der Waals surface area contributed by atoms with E-state index < -0.39 is 13.0 Å². The molecule has 1 atom stereocenters. The lowest BCUT2D eigenvalue weighted by Gasteiger charge is -2.12. The van der Waals surface area contributed by atoms with Crippen LogP contribution in [0.5, 0.6) is 0 Å². The van der Waals surface area contributed by atoms with Crippen molar-refractivity contribution in [1.29, 1.82) is 0 Å². The summed E-state index contributed by atoms with van der Waals surface area (Å²) >= 11 is 0. The topological polar surface area (TPSA) is 72.9 Å². The zero-order chi connectivity index (χ0) is 20.1. The Morgan fingerprint density at radius 3 is 2.79 bits per heavy atom. The van der Waals surface area contributed by atoms with Gasteiger partial charge in [0.1, 0.15) is 11.3 Å². The first-order valence-corrected chi connectivity index (χ1v) is 9.73. The first-order valence-electron chi connectivity index (χ1n) is 9.73.